The van der Waals surface area contributed by atoms with E-state index in [1.165, 1.54) is 17.5 Å². The zero-order valence-corrected chi connectivity index (χ0v) is 13.8. The predicted octanol–water partition coefficient (Wildman–Crippen LogP) is 2.53. The second-order valence-electron chi connectivity index (χ2n) is 5.89. The number of rotatable bonds is 9. The van der Waals surface area contributed by atoms with Crippen molar-refractivity contribution in [2.24, 2.45) is 0 Å². The highest BCUT2D eigenvalue weighted by atomic mass is 15.1. The van der Waals surface area contributed by atoms with Crippen molar-refractivity contribution in [3.8, 4) is 0 Å². The van der Waals surface area contributed by atoms with Crippen LogP contribution in [-0.4, -0.2) is 57.1 Å². The predicted molar refractivity (Wildman–Crippen MR) is 88.3 cm³/mol. The Bertz CT molecular complexity index is 376. The van der Waals surface area contributed by atoms with Crippen molar-refractivity contribution in [2.75, 3.05) is 47.3 Å². The first-order chi connectivity index (χ1) is 9.54. The largest absolute Gasteiger partial charge is 0.309 e. The van der Waals surface area contributed by atoms with E-state index in [1.807, 2.05) is 0 Å². The second-order valence-corrected chi connectivity index (χ2v) is 5.89. The third-order valence-electron chi connectivity index (χ3n) is 3.65. The van der Waals surface area contributed by atoms with Crippen molar-refractivity contribution >= 4 is 0 Å². The lowest BCUT2D eigenvalue weighted by Gasteiger charge is -2.26. The number of likely N-dealkylation sites (N-methyl/N-ethyl adjacent to an activating group) is 2. The minimum atomic E-state index is 0.422. The molecule has 3 nitrogen and oxygen atoms in total. The maximum absolute atomic E-state index is 3.62. The molecule has 1 unspecified atom stereocenters. The molecule has 0 saturated carbocycles. The molecular weight excluding hydrogens is 246 g/mol. The summed E-state index contributed by atoms with van der Waals surface area (Å²) in [6.07, 6.45) is 1.22. The summed E-state index contributed by atoms with van der Waals surface area (Å²) < 4.78 is 0. The van der Waals surface area contributed by atoms with Crippen molar-refractivity contribution in [2.45, 2.75) is 26.3 Å². The maximum Gasteiger partial charge on any atom is 0.0451 e. The molecule has 1 N–H and O–H groups in total. The molecule has 0 saturated heterocycles. The monoisotopic (exact) mass is 277 g/mol. The van der Waals surface area contributed by atoms with Gasteiger partial charge in [-0.2, -0.15) is 0 Å². The van der Waals surface area contributed by atoms with Gasteiger partial charge in [-0.3, -0.25) is 0 Å². The van der Waals surface area contributed by atoms with E-state index in [0.29, 0.717) is 6.04 Å². The smallest absolute Gasteiger partial charge is 0.0451 e. The van der Waals surface area contributed by atoms with E-state index in [9.17, 15) is 0 Å². The van der Waals surface area contributed by atoms with Gasteiger partial charge in [-0.1, -0.05) is 31.2 Å². The van der Waals surface area contributed by atoms with E-state index in [2.05, 4.69) is 74.4 Å². The quantitative estimate of drug-likeness (QED) is 0.748. The molecule has 0 heterocycles. The molecule has 0 amide bonds. The van der Waals surface area contributed by atoms with Gasteiger partial charge in [0.15, 0.2) is 0 Å². The average Bonchev–Trinajstić information content (AvgIpc) is 2.38. The fraction of sp³-hybridized carbons (Fsp3) is 0.647. The third kappa shape index (κ3) is 6.04. The van der Waals surface area contributed by atoms with Gasteiger partial charge in [0.25, 0.3) is 0 Å². The number of hydrogen-bond donors (Lipinski definition) is 1. The maximum atomic E-state index is 3.62. The molecule has 0 aliphatic carbocycles. The van der Waals surface area contributed by atoms with E-state index >= 15 is 0 Å². The van der Waals surface area contributed by atoms with Gasteiger partial charge in [0, 0.05) is 12.6 Å². The first kappa shape index (κ1) is 17.2. The summed E-state index contributed by atoms with van der Waals surface area (Å²) in [5, 5.41) is 3.62. The highest BCUT2D eigenvalue weighted by Gasteiger charge is 2.14. The van der Waals surface area contributed by atoms with E-state index in [4.69, 9.17) is 0 Å². The lowest BCUT2D eigenvalue weighted by molar-refractivity contribution is 0.271. The van der Waals surface area contributed by atoms with Gasteiger partial charge in [-0.15, -0.1) is 0 Å². The molecule has 1 rings (SSSR count). The topological polar surface area (TPSA) is 18.5 Å². The molecule has 1 aromatic rings. The van der Waals surface area contributed by atoms with Crippen LogP contribution in [0, 0.1) is 6.92 Å². The molecule has 0 aliphatic rings. The van der Waals surface area contributed by atoms with Crippen LogP contribution >= 0.6 is 0 Å². The Morgan fingerprint density at radius 3 is 2.40 bits per heavy atom. The number of benzene rings is 1. The summed E-state index contributed by atoms with van der Waals surface area (Å²) >= 11 is 0. The van der Waals surface area contributed by atoms with E-state index < -0.39 is 0 Å². The zero-order valence-electron chi connectivity index (χ0n) is 13.8. The Morgan fingerprint density at radius 2 is 1.80 bits per heavy atom. The van der Waals surface area contributed by atoms with Gasteiger partial charge >= 0.3 is 0 Å². The summed E-state index contributed by atoms with van der Waals surface area (Å²) in [6, 6.07) is 9.12. The van der Waals surface area contributed by atoms with Crippen LogP contribution in [0.1, 0.15) is 30.5 Å². The Labute approximate surface area is 125 Å². The summed E-state index contributed by atoms with van der Waals surface area (Å²) in [5.41, 5.74) is 2.80. The van der Waals surface area contributed by atoms with Crippen molar-refractivity contribution in [1.29, 1.82) is 0 Å². The van der Waals surface area contributed by atoms with Gasteiger partial charge in [0.2, 0.25) is 0 Å². The number of aryl methyl sites for hydroxylation is 1. The number of hydrogen-bond acceptors (Lipinski definition) is 3. The Balaban J connectivity index is 2.56. The fourth-order valence-corrected chi connectivity index (χ4v) is 2.56. The third-order valence-corrected chi connectivity index (χ3v) is 3.65. The van der Waals surface area contributed by atoms with Crippen molar-refractivity contribution in [3.05, 3.63) is 35.4 Å². The SMILES string of the molecule is CCNC(CN(C)CCCN(C)C)c1ccccc1C. The average molecular weight is 277 g/mol. The highest BCUT2D eigenvalue weighted by Crippen LogP contribution is 2.18. The van der Waals surface area contributed by atoms with E-state index in [1.54, 1.807) is 0 Å². The molecular formula is C17H31N3. The van der Waals surface area contributed by atoms with Gasteiger partial charge < -0.3 is 15.1 Å². The van der Waals surface area contributed by atoms with E-state index in [-0.39, 0.29) is 0 Å². The minimum Gasteiger partial charge on any atom is -0.309 e. The van der Waals surface area contributed by atoms with Crippen LogP contribution in [0.4, 0.5) is 0 Å². The molecule has 0 fully saturated rings. The first-order valence-corrected chi connectivity index (χ1v) is 7.66. The zero-order chi connectivity index (χ0) is 15.0. The van der Waals surface area contributed by atoms with Crippen LogP contribution in [0.25, 0.3) is 0 Å². The minimum absolute atomic E-state index is 0.422. The summed E-state index contributed by atoms with van der Waals surface area (Å²) in [6.45, 7) is 8.74. The molecule has 0 spiro atoms. The van der Waals surface area contributed by atoms with Crippen LogP contribution in [-0.2, 0) is 0 Å². The van der Waals surface area contributed by atoms with Gasteiger partial charge in [-0.25, -0.2) is 0 Å². The molecule has 0 bridgehead atoms. The van der Waals surface area contributed by atoms with Crippen LogP contribution in [0.3, 0.4) is 0 Å². The molecule has 1 aromatic carbocycles. The number of nitrogens with one attached hydrogen (secondary N) is 1. The standard InChI is InChI=1S/C17H31N3/c1-6-18-17(16-11-8-7-10-15(16)2)14-20(5)13-9-12-19(3)4/h7-8,10-11,17-18H,6,9,12-14H2,1-5H3. The Morgan fingerprint density at radius 1 is 1.10 bits per heavy atom. The molecule has 0 aliphatic heterocycles. The molecule has 20 heavy (non-hydrogen) atoms. The van der Waals surface area contributed by atoms with Crippen LogP contribution in [0.2, 0.25) is 0 Å². The van der Waals surface area contributed by atoms with E-state index in [0.717, 1.165) is 26.2 Å². The molecule has 114 valence electrons. The summed E-state index contributed by atoms with van der Waals surface area (Å²) in [7, 11) is 6.49. The van der Waals surface area contributed by atoms with Crippen LogP contribution in [0.5, 0.6) is 0 Å². The van der Waals surface area contributed by atoms with Crippen molar-refractivity contribution < 1.29 is 0 Å². The van der Waals surface area contributed by atoms with Crippen molar-refractivity contribution in [3.63, 3.8) is 0 Å². The second kappa shape index (κ2) is 9.11. The summed E-state index contributed by atoms with van der Waals surface area (Å²) in [4.78, 5) is 4.68. The first-order valence-electron chi connectivity index (χ1n) is 7.66. The Hall–Kier alpha value is -0.900. The highest BCUT2D eigenvalue weighted by molar-refractivity contribution is 5.29. The van der Waals surface area contributed by atoms with Gasteiger partial charge in [0.05, 0.1) is 0 Å². The van der Waals surface area contributed by atoms with Crippen molar-refractivity contribution in [1.82, 2.24) is 15.1 Å². The lowest BCUT2D eigenvalue weighted by Crippen LogP contribution is -2.34. The van der Waals surface area contributed by atoms with Crippen LogP contribution < -0.4 is 5.32 Å². The summed E-state index contributed by atoms with van der Waals surface area (Å²) in [5.74, 6) is 0. The van der Waals surface area contributed by atoms with Crippen LogP contribution in [0.15, 0.2) is 24.3 Å². The normalized spacial score (nSPS) is 13.2. The molecule has 1 atom stereocenters. The lowest BCUT2D eigenvalue weighted by atomic mass is 10.0. The van der Waals surface area contributed by atoms with Gasteiger partial charge in [0.1, 0.15) is 0 Å². The Kier molecular flexibility index (Phi) is 7.82. The van der Waals surface area contributed by atoms with Gasteiger partial charge in [-0.05, 0) is 65.2 Å². The number of nitrogens with zero attached hydrogens (tertiary/aromatic N) is 2. The molecule has 0 radical (unpaired) electrons. The molecule has 3 heteroatoms. The molecule has 0 aromatic heterocycles. The fourth-order valence-electron chi connectivity index (χ4n) is 2.56.